The third-order valence-electron chi connectivity index (χ3n) is 1.56. The summed E-state index contributed by atoms with van der Waals surface area (Å²) >= 11 is 2.90. The molecule has 0 unspecified atom stereocenters. The molecule has 1 amide bonds. The second kappa shape index (κ2) is 6.83. The van der Waals surface area contributed by atoms with Crippen LogP contribution in [-0.4, -0.2) is 36.2 Å². The van der Waals surface area contributed by atoms with Gasteiger partial charge in [-0.15, -0.1) is 11.3 Å². The fraction of sp³-hybridized carbons (Fsp3) is 0.556. The molecular weight excluding hydrogens is 289 g/mol. The Morgan fingerprint density at radius 2 is 2.33 bits per heavy atom. The SMILES string of the molecule is Cc1csc(SCCNC(=O)OCC(F)(F)F)n1. The standard InChI is InChI=1S/C9H11F3N2O2S2/c1-6-4-18-8(14-6)17-3-2-13-7(15)16-5-9(10,11)12/h4H,2-3,5H2,1H3,(H,13,15). The van der Waals surface area contributed by atoms with Crippen molar-refractivity contribution in [1.82, 2.24) is 10.3 Å². The van der Waals surface area contributed by atoms with Crippen LogP contribution in [0.5, 0.6) is 0 Å². The Bertz CT molecular complexity index is 395. The number of hydrogen-bond donors (Lipinski definition) is 1. The van der Waals surface area contributed by atoms with Crippen molar-refractivity contribution >= 4 is 29.2 Å². The lowest BCUT2D eigenvalue weighted by Crippen LogP contribution is -2.30. The first kappa shape index (κ1) is 15.1. The molecule has 0 bridgehead atoms. The van der Waals surface area contributed by atoms with Crippen LogP contribution in [0.25, 0.3) is 0 Å². The molecule has 9 heteroatoms. The van der Waals surface area contributed by atoms with E-state index in [-0.39, 0.29) is 6.54 Å². The van der Waals surface area contributed by atoms with E-state index in [2.05, 4.69) is 15.0 Å². The van der Waals surface area contributed by atoms with Crippen LogP contribution in [0.2, 0.25) is 0 Å². The fourth-order valence-corrected chi connectivity index (χ4v) is 2.66. The molecule has 1 N–H and O–H groups in total. The third-order valence-corrected chi connectivity index (χ3v) is 3.70. The van der Waals surface area contributed by atoms with E-state index in [0.717, 1.165) is 10.0 Å². The highest BCUT2D eigenvalue weighted by Gasteiger charge is 2.29. The predicted molar refractivity (Wildman–Crippen MR) is 63.0 cm³/mol. The molecule has 1 rings (SSSR count). The van der Waals surface area contributed by atoms with Gasteiger partial charge in [0, 0.05) is 23.4 Å². The Morgan fingerprint density at radius 1 is 1.61 bits per heavy atom. The lowest BCUT2D eigenvalue weighted by Gasteiger charge is -2.08. The zero-order chi connectivity index (χ0) is 13.6. The van der Waals surface area contributed by atoms with Gasteiger partial charge in [0.25, 0.3) is 0 Å². The normalized spacial score (nSPS) is 11.3. The smallest absolute Gasteiger partial charge is 0.422 e. The van der Waals surface area contributed by atoms with Gasteiger partial charge in [-0.1, -0.05) is 11.8 Å². The highest BCUT2D eigenvalue weighted by molar-refractivity contribution is 8.01. The molecule has 0 atom stereocenters. The summed E-state index contributed by atoms with van der Waals surface area (Å²) in [5.41, 5.74) is 0.917. The molecule has 0 fully saturated rings. The molecule has 1 aromatic heterocycles. The van der Waals surface area contributed by atoms with E-state index in [9.17, 15) is 18.0 Å². The van der Waals surface area contributed by atoms with E-state index in [1.165, 1.54) is 23.1 Å². The summed E-state index contributed by atoms with van der Waals surface area (Å²) in [5.74, 6) is 0.522. The summed E-state index contributed by atoms with van der Waals surface area (Å²) in [7, 11) is 0. The number of carbonyl (C=O) groups excluding carboxylic acids is 1. The van der Waals surface area contributed by atoms with Crippen LogP contribution in [-0.2, 0) is 4.74 Å². The first-order valence-electron chi connectivity index (χ1n) is 4.89. The predicted octanol–water partition coefficient (Wildman–Crippen LogP) is 2.83. The summed E-state index contributed by atoms with van der Waals surface area (Å²) in [4.78, 5) is 15.0. The second-order valence-corrected chi connectivity index (χ2v) is 5.42. The van der Waals surface area contributed by atoms with Gasteiger partial charge in [-0.2, -0.15) is 13.2 Å². The molecule has 0 spiro atoms. The van der Waals surface area contributed by atoms with Crippen molar-refractivity contribution in [1.29, 1.82) is 0 Å². The molecule has 0 radical (unpaired) electrons. The zero-order valence-corrected chi connectivity index (χ0v) is 11.0. The summed E-state index contributed by atoms with van der Waals surface area (Å²) in [5, 5.41) is 4.12. The number of rotatable bonds is 5. The van der Waals surface area contributed by atoms with Crippen LogP contribution in [0.4, 0.5) is 18.0 Å². The molecule has 4 nitrogen and oxygen atoms in total. The average Bonchev–Trinajstić information content (AvgIpc) is 2.67. The maximum absolute atomic E-state index is 11.7. The van der Waals surface area contributed by atoms with E-state index in [0.29, 0.717) is 5.75 Å². The van der Waals surface area contributed by atoms with E-state index in [1.807, 2.05) is 12.3 Å². The lowest BCUT2D eigenvalue weighted by molar-refractivity contribution is -0.160. The van der Waals surface area contributed by atoms with Crippen LogP contribution < -0.4 is 5.32 Å². The topological polar surface area (TPSA) is 51.2 Å². The van der Waals surface area contributed by atoms with Crippen LogP contribution in [0, 0.1) is 6.92 Å². The van der Waals surface area contributed by atoms with Gasteiger partial charge in [-0.3, -0.25) is 0 Å². The van der Waals surface area contributed by atoms with E-state index < -0.39 is 18.9 Å². The number of carbonyl (C=O) groups is 1. The molecule has 1 aromatic rings. The Hall–Kier alpha value is -0.960. The number of thiazole rings is 1. The van der Waals surface area contributed by atoms with E-state index >= 15 is 0 Å². The Morgan fingerprint density at radius 3 is 2.89 bits per heavy atom. The molecule has 18 heavy (non-hydrogen) atoms. The number of thioether (sulfide) groups is 1. The zero-order valence-electron chi connectivity index (χ0n) is 9.41. The Balaban J connectivity index is 2.09. The number of alkyl carbamates (subject to hydrolysis) is 1. The van der Waals surface area contributed by atoms with Crippen molar-refractivity contribution in [3.63, 3.8) is 0 Å². The highest BCUT2D eigenvalue weighted by Crippen LogP contribution is 2.21. The Kier molecular flexibility index (Phi) is 5.73. The van der Waals surface area contributed by atoms with Gasteiger partial charge in [-0.05, 0) is 6.92 Å². The van der Waals surface area contributed by atoms with E-state index in [1.54, 1.807) is 0 Å². The minimum absolute atomic E-state index is 0.222. The highest BCUT2D eigenvalue weighted by atomic mass is 32.2. The maximum Gasteiger partial charge on any atom is 0.422 e. The number of alkyl halides is 3. The van der Waals surface area contributed by atoms with Gasteiger partial charge in [0.1, 0.15) is 4.34 Å². The molecule has 1 heterocycles. The lowest BCUT2D eigenvalue weighted by atomic mass is 10.6. The number of amides is 1. The number of hydrogen-bond acceptors (Lipinski definition) is 5. The van der Waals surface area contributed by atoms with Gasteiger partial charge in [0.2, 0.25) is 0 Å². The van der Waals surface area contributed by atoms with Crippen molar-refractivity contribution in [2.75, 3.05) is 18.9 Å². The van der Waals surface area contributed by atoms with Crippen molar-refractivity contribution < 1.29 is 22.7 Å². The molecule has 0 aliphatic carbocycles. The van der Waals surface area contributed by atoms with Crippen molar-refractivity contribution in [3.05, 3.63) is 11.1 Å². The van der Waals surface area contributed by atoms with Crippen LogP contribution >= 0.6 is 23.1 Å². The first-order valence-corrected chi connectivity index (χ1v) is 6.75. The number of aromatic nitrogens is 1. The Labute approximate surface area is 110 Å². The van der Waals surface area contributed by atoms with Crippen LogP contribution in [0.15, 0.2) is 9.72 Å². The fourth-order valence-electron chi connectivity index (χ4n) is 0.889. The largest absolute Gasteiger partial charge is 0.440 e. The number of halogens is 3. The monoisotopic (exact) mass is 300 g/mol. The number of ether oxygens (including phenoxy) is 1. The quantitative estimate of drug-likeness (QED) is 0.671. The van der Waals surface area contributed by atoms with Gasteiger partial charge >= 0.3 is 12.3 Å². The minimum atomic E-state index is -4.50. The number of aryl methyl sites for hydroxylation is 1. The van der Waals surface area contributed by atoms with Crippen LogP contribution in [0.3, 0.4) is 0 Å². The second-order valence-electron chi connectivity index (χ2n) is 3.22. The number of nitrogens with one attached hydrogen (secondary N) is 1. The average molecular weight is 300 g/mol. The molecular formula is C9H11F3N2O2S2. The van der Waals surface area contributed by atoms with Gasteiger partial charge in [0.05, 0.1) is 0 Å². The minimum Gasteiger partial charge on any atom is -0.440 e. The maximum atomic E-state index is 11.7. The van der Waals surface area contributed by atoms with Crippen LogP contribution in [0.1, 0.15) is 5.69 Å². The van der Waals surface area contributed by atoms with Gasteiger partial charge in [0.15, 0.2) is 6.61 Å². The summed E-state index contributed by atoms with van der Waals surface area (Å²) in [6, 6.07) is 0. The molecule has 0 aliphatic rings. The molecule has 0 saturated carbocycles. The summed E-state index contributed by atoms with van der Waals surface area (Å²) < 4.78 is 40.0. The van der Waals surface area contributed by atoms with Gasteiger partial charge < -0.3 is 10.1 Å². The molecule has 0 aliphatic heterocycles. The van der Waals surface area contributed by atoms with E-state index in [4.69, 9.17) is 0 Å². The molecule has 0 saturated heterocycles. The van der Waals surface area contributed by atoms with Gasteiger partial charge in [-0.25, -0.2) is 9.78 Å². The third kappa shape index (κ3) is 6.70. The summed E-state index contributed by atoms with van der Waals surface area (Å²) in [6.45, 7) is 0.519. The van der Waals surface area contributed by atoms with Crippen molar-refractivity contribution in [2.45, 2.75) is 17.4 Å². The summed E-state index contributed by atoms with van der Waals surface area (Å²) in [6.07, 6.45) is -5.56. The first-order chi connectivity index (χ1) is 8.37. The van der Waals surface area contributed by atoms with Crippen molar-refractivity contribution in [2.24, 2.45) is 0 Å². The van der Waals surface area contributed by atoms with Crippen molar-refractivity contribution in [3.8, 4) is 0 Å². The molecule has 102 valence electrons. The molecule has 0 aromatic carbocycles. The number of nitrogens with zero attached hydrogens (tertiary/aromatic N) is 1.